The quantitative estimate of drug-likeness (QED) is 0.658. The van der Waals surface area contributed by atoms with Gasteiger partial charge in [0, 0.05) is 4.83 Å². The van der Waals surface area contributed by atoms with Crippen molar-refractivity contribution in [3.05, 3.63) is 0 Å². The number of hydrogen-bond donors (Lipinski definition) is 2. The van der Waals surface area contributed by atoms with E-state index in [2.05, 4.69) is 43.6 Å². The number of aliphatic hydroxyl groups is 2. The van der Waals surface area contributed by atoms with Crippen molar-refractivity contribution < 1.29 is 10.2 Å². The second-order valence-corrected chi connectivity index (χ2v) is 11.3. The lowest BCUT2D eigenvalue weighted by Gasteiger charge is -2.64. The third-order valence-corrected chi connectivity index (χ3v) is 10.2. The Bertz CT molecular complexity index is 504. The maximum Gasteiger partial charge on any atom is 0.0656 e. The molecule has 0 aromatic rings. The molecule has 2 nitrogen and oxygen atoms in total. The molecule has 3 heteroatoms. The van der Waals surface area contributed by atoms with Gasteiger partial charge in [-0.05, 0) is 85.9 Å². The fourth-order valence-corrected chi connectivity index (χ4v) is 8.80. The maximum atomic E-state index is 11.3. The van der Waals surface area contributed by atoms with Crippen LogP contribution >= 0.6 is 15.9 Å². The standard InChI is InChI=1S/C20H33BrO2/c1-11(2)15-16(22)12-9-13-17-18(3,7-8-20(13,15)10-12)14(21)5-6-19(17,4)23/h11-17,22-23H,5-10H2,1-4H3/t12-,13+,14+,15-,16+,17+,18-,19-,20-/m1/s1. The molecule has 0 aromatic heterocycles. The molecular formula is C20H33BrO2. The van der Waals surface area contributed by atoms with Crippen molar-refractivity contribution >= 4 is 15.9 Å². The van der Waals surface area contributed by atoms with E-state index in [-0.39, 0.29) is 16.9 Å². The summed E-state index contributed by atoms with van der Waals surface area (Å²) in [7, 11) is 0. The molecule has 2 bridgehead atoms. The number of alkyl halides is 1. The van der Waals surface area contributed by atoms with Crippen LogP contribution in [0.3, 0.4) is 0 Å². The third kappa shape index (κ3) is 1.99. The fourth-order valence-electron chi connectivity index (χ4n) is 8.06. The van der Waals surface area contributed by atoms with E-state index >= 15 is 0 Å². The van der Waals surface area contributed by atoms with Gasteiger partial charge in [0.05, 0.1) is 11.7 Å². The monoisotopic (exact) mass is 384 g/mol. The van der Waals surface area contributed by atoms with Gasteiger partial charge in [-0.15, -0.1) is 0 Å². The molecule has 1 spiro atoms. The van der Waals surface area contributed by atoms with Crippen LogP contribution in [-0.4, -0.2) is 26.7 Å². The number of halogens is 1. The summed E-state index contributed by atoms with van der Waals surface area (Å²) in [6, 6.07) is 0. The lowest BCUT2D eigenvalue weighted by atomic mass is 9.43. The Morgan fingerprint density at radius 3 is 2.48 bits per heavy atom. The Kier molecular flexibility index (Phi) is 3.65. The summed E-state index contributed by atoms with van der Waals surface area (Å²) in [5, 5.41) is 22.2. The van der Waals surface area contributed by atoms with Crippen LogP contribution < -0.4 is 0 Å². The molecule has 0 unspecified atom stereocenters. The summed E-state index contributed by atoms with van der Waals surface area (Å²) < 4.78 is 0. The van der Waals surface area contributed by atoms with Gasteiger partial charge >= 0.3 is 0 Å². The Labute approximate surface area is 149 Å². The molecular weight excluding hydrogens is 352 g/mol. The zero-order valence-corrected chi connectivity index (χ0v) is 16.6. The number of fused-ring (bicyclic) bond motifs is 3. The Hall–Kier alpha value is 0.400. The minimum Gasteiger partial charge on any atom is -0.393 e. The molecule has 132 valence electrons. The van der Waals surface area contributed by atoms with E-state index in [9.17, 15) is 10.2 Å². The van der Waals surface area contributed by atoms with E-state index < -0.39 is 5.60 Å². The minimum atomic E-state index is -0.548. The van der Waals surface area contributed by atoms with Gasteiger partial charge in [-0.25, -0.2) is 0 Å². The molecule has 4 aliphatic rings. The van der Waals surface area contributed by atoms with Crippen LogP contribution in [0.5, 0.6) is 0 Å². The highest BCUT2D eigenvalue weighted by Gasteiger charge is 2.71. The van der Waals surface area contributed by atoms with Crippen molar-refractivity contribution in [2.75, 3.05) is 0 Å². The topological polar surface area (TPSA) is 40.5 Å². The average molecular weight is 385 g/mol. The molecule has 0 aliphatic heterocycles. The second kappa shape index (κ2) is 4.98. The van der Waals surface area contributed by atoms with Crippen molar-refractivity contribution in [2.45, 2.75) is 82.8 Å². The molecule has 4 fully saturated rings. The van der Waals surface area contributed by atoms with Crippen molar-refractivity contribution in [1.82, 2.24) is 0 Å². The van der Waals surface area contributed by atoms with E-state index in [4.69, 9.17) is 0 Å². The predicted molar refractivity (Wildman–Crippen MR) is 96.4 cm³/mol. The van der Waals surface area contributed by atoms with Crippen LogP contribution in [-0.2, 0) is 0 Å². The van der Waals surface area contributed by atoms with E-state index in [0.29, 0.717) is 34.4 Å². The first kappa shape index (κ1) is 16.8. The predicted octanol–water partition coefficient (Wildman–Crippen LogP) is 4.37. The van der Waals surface area contributed by atoms with Gasteiger partial charge in [0.25, 0.3) is 0 Å². The molecule has 4 saturated carbocycles. The summed E-state index contributed by atoms with van der Waals surface area (Å²) >= 11 is 3.98. The van der Waals surface area contributed by atoms with Gasteiger partial charge in [0.2, 0.25) is 0 Å². The number of hydrogen-bond acceptors (Lipinski definition) is 2. The van der Waals surface area contributed by atoms with Gasteiger partial charge in [-0.1, -0.05) is 36.7 Å². The van der Waals surface area contributed by atoms with Gasteiger partial charge in [0.15, 0.2) is 0 Å². The van der Waals surface area contributed by atoms with Gasteiger partial charge in [-0.2, -0.15) is 0 Å². The lowest BCUT2D eigenvalue weighted by Crippen LogP contribution is -2.63. The summed E-state index contributed by atoms with van der Waals surface area (Å²) in [5.74, 6) is 2.41. The molecule has 0 radical (unpaired) electrons. The Morgan fingerprint density at radius 2 is 1.83 bits per heavy atom. The molecule has 0 amide bonds. The zero-order valence-electron chi connectivity index (χ0n) is 15.1. The molecule has 0 saturated heterocycles. The van der Waals surface area contributed by atoms with E-state index in [1.54, 1.807) is 0 Å². The average Bonchev–Trinajstić information content (AvgIpc) is 2.95. The molecule has 4 rings (SSSR count). The third-order valence-electron chi connectivity index (χ3n) is 8.70. The Balaban J connectivity index is 1.78. The molecule has 0 heterocycles. The molecule has 0 aromatic carbocycles. The van der Waals surface area contributed by atoms with Gasteiger partial charge in [-0.3, -0.25) is 0 Å². The van der Waals surface area contributed by atoms with Crippen LogP contribution in [0.25, 0.3) is 0 Å². The van der Waals surface area contributed by atoms with Gasteiger partial charge < -0.3 is 10.2 Å². The SMILES string of the molecule is CC(C)[C@@H]1[C@@H](O)[C@@H]2C[C@H]3[C@H]4[C@](C)(CC[C@]13C2)[C@@H](Br)CC[C@@]4(C)O. The lowest BCUT2D eigenvalue weighted by molar-refractivity contribution is -0.191. The van der Waals surface area contributed by atoms with Crippen molar-refractivity contribution in [3.8, 4) is 0 Å². The summed E-state index contributed by atoms with van der Waals surface area (Å²) in [6.07, 6.45) is 6.68. The number of rotatable bonds is 1. The highest BCUT2D eigenvalue weighted by atomic mass is 79.9. The zero-order chi connectivity index (χ0) is 16.8. The normalized spacial score (nSPS) is 61.6. The summed E-state index contributed by atoms with van der Waals surface area (Å²) in [4.78, 5) is 0.527. The van der Waals surface area contributed by atoms with Crippen LogP contribution in [0.4, 0.5) is 0 Å². The smallest absolute Gasteiger partial charge is 0.0656 e. The van der Waals surface area contributed by atoms with Crippen molar-refractivity contribution in [3.63, 3.8) is 0 Å². The summed E-state index contributed by atoms with van der Waals surface area (Å²) in [6.45, 7) is 9.10. The highest BCUT2D eigenvalue weighted by Crippen LogP contribution is 2.74. The molecule has 2 N–H and O–H groups in total. The second-order valence-electron chi connectivity index (χ2n) is 10.1. The van der Waals surface area contributed by atoms with Crippen LogP contribution in [0, 0.1) is 40.4 Å². The molecule has 23 heavy (non-hydrogen) atoms. The highest BCUT2D eigenvalue weighted by molar-refractivity contribution is 9.09. The van der Waals surface area contributed by atoms with Crippen molar-refractivity contribution in [1.29, 1.82) is 0 Å². The van der Waals surface area contributed by atoms with E-state index in [0.717, 1.165) is 19.3 Å². The van der Waals surface area contributed by atoms with Crippen LogP contribution in [0.1, 0.15) is 66.2 Å². The largest absolute Gasteiger partial charge is 0.393 e. The number of aliphatic hydroxyl groups excluding tert-OH is 1. The van der Waals surface area contributed by atoms with Gasteiger partial charge in [0.1, 0.15) is 0 Å². The molecule has 4 aliphatic carbocycles. The van der Waals surface area contributed by atoms with Crippen molar-refractivity contribution in [2.24, 2.45) is 40.4 Å². The van der Waals surface area contributed by atoms with Crippen LogP contribution in [0.2, 0.25) is 0 Å². The maximum absolute atomic E-state index is 11.3. The fraction of sp³-hybridized carbons (Fsp3) is 1.00. The first-order valence-electron chi connectivity index (χ1n) is 9.68. The minimum absolute atomic E-state index is 0.107. The molecule has 9 atom stereocenters. The first-order valence-corrected chi connectivity index (χ1v) is 10.6. The first-order chi connectivity index (χ1) is 10.6. The summed E-state index contributed by atoms with van der Waals surface area (Å²) in [5.41, 5.74) is -0.0564. The van der Waals surface area contributed by atoms with E-state index in [1.165, 1.54) is 19.3 Å². The van der Waals surface area contributed by atoms with E-state index in [1.807, 2.05) is 0 Å². The Morgan fingerprint density at radius 1 is 1.13 bits per heavy atom. The van der Waals surface area contributed by atoms with Crippen LogP contribution in [0.15, 0.2) is 0 Å².